The molecule has 130 valence electrons. The molecule has 0 spiro atoms. The lowest BCUT2D eigenvalue weighted by molar-refractivity contribution is 0.0398. The molecule has 1 aliphatic rings. The van der Waals surface area contributed by atoms with E-state index in [1.807, 2.05) is 19.2 Å². The number of ether oxygens (including phenoxy) is 1. The number of nitrogens with one attached hydrogen (secondary N) is 1. The molecule has 0 atom stereocenters. The first kappa shape index (κ1) is 15.9. The van der Waals surface area contributed by atoms with Crippen molar-refractivity contribution in [2.75, 3.05) is 44.7 Å². The molecule has 1 fully saturated rings. The maximum absolute atomic E-state index is 5.39. The minimum atomic E-state index is 0.651. The molecule has 0 radical (unpaired) electrons. The zero-order chi connectivity index (χ0) is 17.1. The smallest absolute Gasteiger partial charge is 0.165 e. The predicted molar refractivity (Wildman–Crippen MR) is 95.3 cm³/mol. The van der Waals surface area contributed by atoms with Crippen molar-refractivity contribution < 1.29 is 4.74 Å². The van der Waals surface area contributed by atoms with E-state index in [4.69, 9.17) is 9.72 Å². The molecular weight excluding hydrogens is 318 g/mol. The van der Waals surface area contributed by atoms with Crippen LogP contribution < -0.4 is 5.32 Å². The number of nitrogens with zero attached hydrogens (tertiary/aromatic N) is 6. The molecule has 8 heteroatoms. The van der Waals surface area contributed by atoms with Crippen molar-refractivity contribution in [2.24, 2.45) is 7.05 Å². The van der Waals surface area contributed by atoms with E-state index in [9.17, 15) is 0 Å². The van der Waals surface area contributed by atoms with Crippen molar-refractivity contribution in [3.05, 3.63) is 30.7 Å². The second-order valence-corrected chi connectivity index (χ2v) is 6.02. The number of rotatable bonds is 5. The van der Waals surface area contributed by atoms with Gasteiger partial charge in [-0.2, -0.15) is 5.10 Å². The zero-order valence-electron chi connectivity index (χ0n) is 14.2. The number of pyridine rings is 1. The molecule has 4 rings (SSSR count). The number of fused-ring (bicyclic) bond motifs is 1. The van der Waals surface area contributed by atoms with E-state index >= 15 is 0 Å². The van der Waals surface area contributed by atoms with Crippen LogP contribution in [0.3, 0.4) is 0 Å². The molecule has 0 aliphatic carbocycles. The van der Waals surface area contributed by atoms with Crippen molar-refractivity contribution in [2.45, 2.75) is 0 Å². The third-order valence-corrected chi connectivity index (χ3v) is 4.34. The number of aromatic nitrogens is 5. The van der Waals surface area contributed by atoms with Crippen LogP contribution in [-0.2, 0) is 11.8 Å². The van der Waals surface area contributed by atoms with Gasteiger partial charge >= 0.3 is 0 Å². The summed E-state index contributed by atoms with van der Waals surface area (Å²) in [5.74, 6) is 1.46. The maximum atomic E-state index is 5.39. The van der Waals surface area contributed by atoms with Crippen LogP contribution in [0.1, 0.15) is 0 Å². The molecule has 0 aromatic carbocycles. The summed E-state index contributed by atoms with van der Waals surface area (Å²) in [4.78, 5) is 15.9. The average molecular weight is 339 g/mol. The molecule has 0 bridgehead atoms. The second-order valence-electron chi connectivity index (χ2n) is 6.02. The molecule has 0 saturated carbocycles. The first-order valence-corrected chi connectivity index (χ1v) is 8.45. The second kappa shape index (κ2) is 7.12. The number of anilines is 1. The molecule has 3 aromatic heterocycles. The van der Waals surface area contributed by atoms with Crippen LogP contribution in [-0.4, -0.2) is 69.0 Å². The Bertz CT molecular complexity index is 843. The van der Waals surface area contributed by atoms with Gasteiger partial charge in [0.2, 0.25) is 0 Å². The molecule has 1 N–H and O–H groups in total. The normalized spacial score (nSPS) is 15.6. The first-order chi connectivity index (χ1) is 12.3. The van der Waals surface area contributed by atoms with E-state index < -0.39 is 0 Å². The third kappa shape index (κ3) is 3.45. The van der Waals surface area contributed by atoms with E-state index in [0.717, 1.165) is 61.8 Å². The Hall–Kier alpha value is -2.58. The molecule has 0 amide bonds. The van der Waals surface area contributed by atoms with Gasteiger partial charge in [-0.15, -0.1) is 0 Å². The highest BCUT2D eigenvalue weighted by atomic mass is 16.5. The monoisotopic (exact) mass is 339 g/mol. The fourth-order valence-corrected chi connectivity index (χ4v) is 2.94. The van der Waals surface area contributed by atoms with E-state index in [-0.39, 0.29) is 0 Å². The highest BCUT2D eigenvalue weighted by molar-refractivity contribution is 5.88. The van der Waals surface area contributed by atoms with Crippen LogP contribution in [0.25, 0.3) is 22.4 Å². The van der Waals surface area contributed by atoms with Gasteiger partial charge in [0, 0.05) is 51.2 Å². The van der Waals surface area contributed by atoms with Crippen molar-refractivity contribution in [1.82, 2.24) is 29.6 Å². The fraction of sp³-hybridized carbons (Fsp3) is 0.412. The zero-order valence-corrected chi connectivity index (χ0v) is 14.2. The van der Waals surface area contributed by atoms with Crippen molar-refractivity contribution in [3.8, 4) is 11.4 Å². The van der Waals surface area contributed by atoms with E-state index in [1.54, 1.807) is 23.3 Å². The fourth-order valence-electron chi connectivity index (χ4n) is 2.94. The van der Waals surface area contributed by atoms with Crippen LogP contribution in [0.4, 0.5) is 5.82 Å². The van der Waals surface area contributed by atoms with Crippen LogP contribution >= 0.6 is 0 Å². The van der Waals surface area contributed by atoms with E-state index in [2.05, 4.69) is 25.3 Å². The molecule has 3 aromatic rings. The van der Waals surface area contributed by atoms with Gasteiger partial charge in [0.15, 0.2) is 11.5 Å². The summed E-state index contributed by atoms with van der Waals surface area (Å²) < 4.78 is 7.16. The number of aryl methyl sites for hydroxylation is 1. The highest BCUT2D eigenvalue weighted by Gasteiger charge is 2.14. The minimum Gasteiger partial charge on any atom is -0.379 e. The molecule has 0 unspecified atom stereocenters. The van der Waals surface area contributed by atoms with Gasteiger partial charge in [-0.25, -0.2) is 9.97 Å². The molecule has 25 heavy (non-hydrogen) atoms. The Kier molecular flexibility index (Phi) is 4.53. The third-order valence-electron chi connectivity index (χ3n) is 4.34. The van der Waals surface area contributed by atoms with Crippen molar-refractivity contribution >= 4 is 16.9 Å². The topological polar surface area (TPSA) is 81.0 Å². The Balaban J connectivity index is 1.58. The van der Waals surface area contributed by atoms with Crippen molar-refractivity contribution in [1.29, 1.82) is 0 Å². The van der Waals surface area contributed by atoms with Gasteiger partial charge in [-0.05, 0) is 12.1 Å². The summed E-state index contributed by atoms with van der Waals surface area (Å²) in [5.41, 5.74) is 1.70. The summed E-state index contributed by atoms with van der Waals surface area (Å²) in [6, 6.07) is 3.85. The standard InChI is InChI=1S/C17H21N7O/c1-23-17-14(12-20-23)16(19-5-6-24-7-9-25-10-8-24)21-15(22-17)13-3-2-4-18-11-13/h2-4,11-12H,5-10H2,1H3,(H,19,21,22). The van der Waals surface area contributed by atoms with Gasteiger partial charge in [0.25, 0.3) is 0 Å². The van der Waals surface area contributed by atoms with Crippen molar-refractivity contribution in [3.63, 3.8) is 0 Å². The first-order valence-electron chi connectivity index (χ1n) is 8.45. The summed E-state index contributed by atoms with van der Waals surface area (Å²) in [6.45, 7) is 5.35. The van der Waals surface area contributed by atoms with Gasteiger partial charge in [-0.1, -0.05) is 0 Å². The molecule has 1 aliphatic heterocycles. The number of hydrogen-bond acceptors (Lipinski definition) is 7. The van der Waals surface area contributed by atoms with E-state index in [0.29, 0.717) is 5.82 Å². The Morgan fingerprint density at radius 2 is 2.08 bits per heavy atom. The summed E-state index contributed by atoms with van der Waals surface area (Å²) >= 11 is 0. The summed E-state index contributed by atoms with van der Waals surface area (Å²) in [7, 11) is 1.89. The average Bonchev–Trinajstić information content (AvgIpc) is 3.04. The lowest BCUT2D eigenvalue weighted by atomic mass is 10.2. The number of morpholine rings is 1. The van der Waals surface area contributed by atoms with Crippen LogP contribution in [0.15, 0.2) is 30.7 Å². The summed E-state index contributed by atoms with van der Waals surface area (Å²) in [5, 5.41) is 8.70. The highest BCUT2D eigenvalue weighted by Crippen LogP contribution is 2.23. The molecule has 8 nitrogen and oxygen atoms in total. The van der Waals surface area contributed by atoms with E-state index in [1.165, 1.54) is 0 Å². The lowest BCUT2D eigenvalue weighted by Gasteiger charge is -2.26. The summed E-state index contributed by atoms with van der Waals surface area (Å²) in [6.07, 6.45) is 5.32. The van der Waals surface area contributed by atoms with Gasteiger partial charge in [0.05, 0.1) is 24.8 Å². The van der Waals surface area contributed by atoms with Gasteiger partial charge < -0.3 is 10.1 Å². The SMILES string of the molecule is Cn1ncc2c(NCCN3CCOCC3)nc(-c3cccnc3)nc21. The largest absolute Gasteiger partial charge is 0.379 e. The maximum Gasteiger partial charge on any atom is 0.165 e. The Morgan fingerprint density at radius 1 is 1.20 bits per heavy atom. The molecule has 1 saturated heterocycles. The Morgan fingerprint density at radius 3 is 2.88 bits per heavy atom. The van der Waals surface area contributed by atoms with Crippen LogP contribution in [0.5, 0.6) is 0 Å². The molecular formula is C17H21N7O. The van der Waals surface area contributed by atoms with Gasteiger partial charge in [-0.3, -0.25) is 14.6 Å². The Labute approximate surface area is 145 Å². The van der Waals surface area contributed by atoms with Crippen LogP contribution in [0, 0.1) is 0 Å². The molecule has 4 heterocycles. The van der Waals surface area contributed by atoms with Crippen LogP contribution in [0.2, 0.25) is 0 Å². The predicted octanol–water partition coefficient (Wildman–Crippen LogP) is 1.17. The minimum absolute atomic E-state index is 0.651. The number of hydrogen-bond donors (Lipinski definition) is 1. The quantitative estimate of drug-likeness (QED) is 0.747. The van der Waals surface area contributed by atoms with Gasteiger partial charge in [0.1, 0.15) is 5.82 Å². The lowest BCUT2D eigenvalue weighted by Crippen LogP contribution is -2.39.